The topological polar surface area (TPSA) is 68.5 Å². The van der Waals surface area contributed by atoms with E-state index in [2.05, 4.69) is 27.7 Å². The highest BCUT2D eigenvalue weighted by Gasteiger charge is 2.33. The molecule has 1 amide bonds. The van der Waals surface area contributed by atoms with Crippen LogP contribution in [0.5, 0.6) is 0 Å². The van der Waals surface area contributed by atoms with Crippen molar-refractivity contribution in [1.82, 2.24) is 15.1 Å². The molecular weight excluding hydrogens is 350 g/mol. The van der Waals surface area contributed by atoms with Gasteiger partial charge in [-0.2, -0.15) is 0 Å². The summed E-state index contributed by atoms with van der Waals surface area (Å²) in [5.74, 6) is 1.26. The first-order chi connectivity index (χ1) is 12.6. The number of nitrogens with zero attached hydrogens (tertiary/aromatic N) is 3. The Hall–Kier alpha value is -2.25. The SMILES string of the molecule is CC(C)c1nnc(C2COCCN2C(=O)Cc2csc3ccccc23)o1. The maximum absolute atomic E-state index is 13.0. The molecule has 1 atom stereocenters. The number of hydrogen-bond donors (Lipinski definition) is 0. The van der Waals surface area contributed by atoms with Gasteiger partial charge in [-0.15, -0.1) is 21.5 Å². The first-order valence-electron chi connectivity index (χ1n) is 8.79. The molecule has 4 rings (SSSR count). The Morgan fingerprint density at radius 2 is 2.19 bits per heavy atom. The molecule has 1 unspecified atom stereocenters. The Bertz CT molecular complexity index is 918. The molecular formula is C19H21N3O3S. The van der Waals surface area contributed by atoms with Gasteiger partial charge in [0, 0.05) is 17.2 Å². The van der Waals surface area contributed by atoms with Gasteiger partial charge in [0.2, 0.25) is 17.7 Å². The molecule has 0 N–H and O–H groups in total. The zero-order valence-corrected chi connectivity index (χ0v) is 15.7. The maximum Gasteiger partial charge on any atom is 0.241 e. The summed E-state index contributed by atoms with van der Waals surface area (Å²) in [6.07, 6.45) is 0.367. The second-order valence-electron chi connectivity index (χ2n) is 6.74. The Morgan fingerprint density at radius 3 is 3.00 bits per heavy atom. The van der Waals surface area contributed by atoms with Crippen molar-refractivity contribution >= 4 is 27.3 Å². The summed E-state index contributed by atoms with van der Waals surface area (Å²) < 4.78 is 12.6. The number of rotatable bonds is 4. The molecule has 0 aliphatic carbocycles. The number of carbonyl (C=O) groups excluding carboxylic acids is 1. The van der Waals surface area contributed by atoms with Gasteiger partial charge in [-0.3, -0.25) is 4.79 Å². The number of carbonyl (C=O) groups is 1. The molecule has 1 aliphatic heterocycles. The van der Waals surface area contributed by atoms with E-state index in [0.717, 1.165) is 10.9 Å². The monoisotopic (exact) mass is 371 g/mol. The van der Waals surface area contributed by atoms with Crippen molar-refractivity contribution in [3.8, 4) is 0 Å². The molecule has 1 fully saturated rings. The van der Waals surface area contributed by atoms with E-state index in [4.69, 9.17) is 9.15 Å². The van der Waals surface area contributed by atoms with Gasteiger partial charge in [0.05, 0.1) is 19.6 Å². The fourth-order valence-corrected chi connectivity index (χ4v) is 4.12. The third kappa shape index (κ3) is 3.24. The lowest BCUT2D eigenvalue weighted by atomic mass is 10.1. The van der Waals surface area contributed by atoms with Gasteiger partial charge in [-0.05, 0) is 22.4 Å². The van der Waals surface area contributed by atoms with Crippen LogP contribution in [-0.2, 0) is 16.0 Å². The Kier molecular flexibility index (Phi) is 4.74. The van der Waals surface area contributed by atoms with Crippen LogP contribution >= 0.6 is 11.3 Å². The molecule has 0 spiro atoms. The van der Waals surface area contributed by atoms with E-state index < -0.39 is 0 Å². The molecule has 7 heteroatoms. The van der Waals surface area contributed by atoms with Gasteiger partial charge in [0.15, 0.2) is 0 Å². The van der Waals surface area contributed by atoms with Gasteiger partial charge in [0.25, 0.3) is 0 Å². The summed E-state index contributed by atoms with van der Waals surface area (Å²) in [5.41, 5.74) is 1.06. The highest BCUT2D eigenvalue weighted by Crippen LogP contribution is 2.29. The lowest BCUT2D eigenvalue weighted by molar-refractivity contribution is -0.140. The van der Waals surface area contributed by atoms with Gasteiger partial charge in [-0.1, -0.05) is 32.0 Å². The van der Waals surface area contributed by atoms with Crippen LogP contribution in [0.3, 0.4) is 0 Å². The maximum atomic E-state index is 13.0. The summed E-state index contributed by atoms with van der Waals surface area (Å²) in [7, 11) is 0. The second-order valence-corrected chi connectivity index (χ2v) is 7.66. The number of benzene rings is 1. The minimum absolute atomic E-state index is 0.0613. The zero-order chi connectivity index (χ0) is 18.1. The Labute approximate surface area is 155 Å². The fourth-order valence-electron chi connectivity index (χ4n) is 3.16. The summed E-state index contributed by atoms with van der Waals surface area (Å²) in [4.78, 5) is 14.8. The molecule has 1 aliphatic rings. The molecule has 0 radical (unpaired) electrons. The summed E-state index contributed by atoms with van der Waals surface area (Å²) in [6.45, 7) is 5.44. The van der Waals surface area contributed by atoms with E-state index in [1.807, 2.05) is 30.9 Å². The van der Waals surface area contributed by atoms with Crippen molar-refractivity contribution in [2.75, 3.05) is 19.8 Å². The van der Waals surface area contributed by atoms with Crippen molar-refractivity contribution in [1.29, 1.82) is 0 Å². The lowest BCUT2D eigenvalue weighted by Gasteiger charge is -2.33. The first kappa shape index (κ1) is 17.2. The molecule has 3 aromatic rings. The van der Waals surface area contributed by atoms with Crippen molar-refractivity contribution in [3.63, 3.8) is 0 Å². The lowest BCUT2D eigenvalue weighted by Crippen LogP contribution is -2.44. The molecule has 1 aromatic carbocycles. The van der Waals surface area contributed by atoms with E-state index >= 15 is 0 Å². The molecule has 0 saturated carbocycles. The number of fused-ring (bicyclic) bond motifs is 1. The smallest absolute Gasteiger partial charge is 0.241 e. The second kappa shape index (κ2) is 7.17. The third-order valence-electron chi connectivity index (χ3n) is 4.59. The highest BCUT2D eigenvalue weighted by molar-refractivity contribution is 7.17. The van der Waals surface area contributed by atoms with Crippen LogP contribution in [0, 0.1) is 0 Å². The number of morpholine rings is 1. The highest BCUT2D eigenvalue weighted by atomic mass is 32.1. The number of aromatic nitrogens is 2. The molecule has 0 bridgehead atoms. The molecule has 1 saturated heterocycles. The average molecular weight is 371 g/mol. The number of amides is 1. The van der Waals surface area contributed by atoms with Crippen molar-refractivity contribution in [2.45, 2.75) is 32.2 Å². The summed E-state index contributed by atoms with van der Waals surface area (Å²) in [5, 5.41) is 11.5. The molecule has 3 heterocycles. The van der Waals surface area contributed by atoms with Crippen molar-refractivity contribution in [2.24, 2.45) is 0 Å². The average Bonchev–Trinajstić information content (AvgIpc) is 3.30. The summed E-state index contributed by atoms with van der Waals surface area (Å²) in [6, 6.07) is 7.85. The van der Waals surface area contributed by atoms with Crippen LogP contribution in [0.4, 0.5) is 0 Å². The fraction of sp³-hybridized carbons (Fsp3) is 0.421. The van der Waals surface area contributed by atoms with Gasteiger partial charge in [-0.25, -0.2) is 0 Å². The largest absolute Gasteiger partial charge is 0.423 e. The number of ether oxygens (including phenoxy) is 1. The predicted octanol–water partition coefficient (Wildman–Crippen LogP) is 3.55. The molecule has 136 valence electrons. The third-order valence-corrected chi connectivity index (χ3v) is 5.60. The van der Waals surface area contributed by atoms with E-state index in [1.54, 1.807) is 11.3 Å². The summed E-state index contributed by atoms with van der Waals surface area (Å²) >= 11 is 1.67. The van der Waals surface area contributed by atoms with E-state index in [9.17, 15) is 4.79 Å². The van der Waals surface area contributed by atoms with Gasteiger partial charge < -0.3 is 14.1 Å². The normalized spacial score (nSPS) is 18.0. The van der Waals surface area contributed by atoms with Crippen LogP contribution in [0.15, 0.2) is 34.1 Å². The van der Waals surface area contributed by atoms with Crippen LogP contribution in [0.25, 0.3) is 10.1 Å². The predicted molar refractivity (Wildman–Crippen MR) is 99.2 cm³/mol. The first-order valence-corrected chi connectivity index (χ1v) is 9.67. The minimum Gasteiger partial charge on any atom is -0.423 e. The number of hydrogen-bond acceptors (Lipinski definition) is 6. The van der Waals surface area contributed by atoms with Crippen molar-refractivity contribution in [3.05, 3.63) is 47.0 Å². The van der Waals surface area contributed by atoms with Crippen LogP contribution in [0.1, 0.15) is 43.2 Å². The Morgan fingerprint density at radius 1 is 1.35 bits per heavy atom. The minimum atomic E-state index is -0.318. The van der Waals surface area contributed by atoms with E-state index in [1.165, 1.54) is 4.70 Å². The molecule has 26 heavy (non-hydrogen) atoms. The van der Waals surface area contributed by atoms with Crippen LogP contribution in [0.2, 0.25) is 0 Å². The zero-order valence-electron chi connectivity index (χ0n) is 14.8. The van der Waals surface area contributed by atoms with Crippen molar-refractivity contribution < 1.29 is 13.9 Å². The Balaban J connectivity index is 1.56. The quantitative estimate of drug-likeness (QED) is 0.701. The standard InChI is InChI=1S/C19H21N3O3S/c1-12(2)18-20-21-19(25-18)15-10-24-8-7-22(15)17(23)9-13-11-26-16-6-4-3-5-14(13)16/h3-6,11-12,15H,7-10H2,1-2H3. The van der Waals surface area contributed by atoms with E-state index in [-0.39, 0.29) is 17.9 Å². The van der Waals surface area contributed by atoms with Gasteiger partial charge in [0.1, 0.15) is 6.04 Å². The van der Waals surface area contributed by atoms with Crippen LogP contribution < -0.4 is 0 Å². The van der Waals surface area contributed by atoms with Gasteiger partial charge >= 0.3 is 0 Å². The van der Waals surface area contributed by atoms with Crippen LogP contribution in [-0.4, -0.2) is 40.8 Å². The molecule has 2 aromatic heterocycles. The van der Waals surface area contributed by atoms with E-state index in [0.29, 0.717) is 38.0 Å². The molecule has 6 nitrogen and oxygen atoms in total. The number of thiophene rings is 1.